The molecule has 4 nitrogen and oxygen atoms in total. The van der Waals surface area contributed by atoms with Gasteiger partial charge in [-0.2, -0.15) is 0 Å². The summed E-state index contributed by atoms with van der Waals surface area (Å²) in [7, 11) is 3.93. The second kappa shape index (κ2) is 5.49. The van der Waals surface area contributed by atoms with E-state index in [9.17, 15) is 0 Å². The lowest BCUT2D eigenvalue weighted by atomic mass is 10.1. The molecular formula is C14H18N4. The topological polar surface area (TPSA) is 41.0 Å². The van der Waals surface area contributed by atoms with E-state index in [1.807, 2.05) is 25.1 Å². The maximum absolute atomic E-state index is 4.21. The third kappa shape index (κ3) is 3.20. The molecule has 18 heavy (non-hydrogen) atoms. The summed E-state index contributed by atoms with van der Waals surface area (Å²) in [6.07, 6.45) is 1.58. The largest absolute Gasteiger partial charge is 0.366 e. The van der Waals surface area contributed by atoms with E-state index in [1.54, 1.807) is 6.33 Å². The summed E-state index contributed by atoms with van der Waals surface area (Å²) >= 11 is 0. The van der Waals surface area contributed by atoms with Crippen molar-refractivity contribution in [3.05, 3.63) is 47.8 Å². The molecule has 1 N–H and O–H groups in total. The normalized spacial score (nSPS) is 10.2. The van der Waals surface area contributed by atoms with Crippen LogP contribution in [0.3, 0.4) is 0 Å². The molecule has 0 radical (unpaired) electrons. The Hall–Kier alpha value is -2.10. The zero-order valence-electron chi connectivity index (χ0n) is 11.0. The summed E-state index contributed by atoms with van der Waals surface area (Å²) in [5.74, 6) is 1.74. The Balaban J connectivity index is 2.01. The molecule has 0 aliphatic heterocycles. The van der Waals surface area contributed by atoms with Gasteiger partial charge in [0.25, 0.3) is 0 Å². The third-order valence-electron chi connectivity index (χ3n) is 2.71. The van der Waals surface area contributed by atoms with Crippen LogP contribution in [-0.2, 0) is 6.54 Å². The number of nitrogens with one attached hydrogen (secondary N) is 1. The van der Waals surface area contributed by atoms with Crippen molar-refractivity contribution in [1.29, 1.82) is 0 Å². The number of nitrogens with zero attached hydrogens (tertiary/aromatic N) is 3. The van der Waals surface area contributed by atoms with Crippen LogP contribution in [0.5, 0.6) is 0 Å². The first-order valence-corrected chi connectivity index (χ1v) is 5.94. The highest BCUT2D eigenvalue weighted by molar-refractivity contribution is 5.47. The maximum atomic E-state index is 4.21. The summed E-state index contributed by atoms with van der Waals surface area (Å²) < 4.78 is 0. The molecule has 1 heterocycles. The van der Waals surface area contributed by atoms with Crippen LogP contribution in [0.25, 0.3) is 0 Å². The fourth-order valence-corrected chi connectivity index (χ4v) is 1.59. The van der Waals surface area contributed by atoms with Gasteiger partial charge in [0.05, 0.1) is 0 Å². The second-order valence-corrected chi connectivity index (χ2v) is 4.50. The van der Waals surface area contributed by atoms with Gasteiger partial charge in [0.1, 0.15) is 18.0 Å². The van der Waals surface area contributed by atoms with E-state index in [1.165, 1.54) is 11.1 Å². The number of hydrogen-bond donors (Lipinski definition) is 1. The fourth-order valence-electron chi connectivity index (χ4n) is 1.59. The summed E-state index contributed by atoms with van der Waals surface area (Å²) in [5.41, 5.74) is 2.52. The SMILES string of the molecule is Cc1ccc(CNc2cc(N(C)C)ncn2)cc1. The summed E-state index contributed by atoms with van der Waals surface area (Å²) in [6.45, 7) is 2.86. The summed E-state index contributed by atoms with van der Waals surface area (Å²) in [4.78, 5) is 10.3. The highest BCUT2D eigenvalue weighted by Gasteiger charge is 2.00. The van der Waals surface area contributed by atoms with Gasteiger partial charge in [0, 0.05) is 26.7 Å². The molecule has 0 amide bonds. The van der Waals surface area contributed by atoms with Crippen LogP contribution in [0.4, 0.5) is 11.6 Å². The molecule has 4 heteroatoms. The molecule has 0 fully saturated rings. The van der Waals surface area contributed by atoms with Gasteiger partial charge in [0.2, 0.25) is 0 Å². The van der Waals surface area contributed by atoms with Gasteiger partial charge in [-0.1, -0.05) is 29.8 Å². The first-order valence-electron chi connectivity index (χ1n) is 5.94. The van der Waals surface area contributed by atoms with Gasteiger partial charge >= 0.3 is 0 Å². The van der Waals surface area contributed by atoms with Crippen LogP contribution in [0, 0.1) is 6.92 Å². The predicted molar refractivity (Wildman–Crippen MR) is 74.9 cm³/mol. The molecule has 0 aliphatic rings. The summed E-state index contributed by atoms with van der Waals surface area (Å²) in [5, 5.41) is 3.30. The van der Waals surface area contributed by atoms with E-state index in [-0.39, 0.29) is 0 Å². The Morgan fingerprint density at radius 2 is 1.83 bits per heavy atom. The van der Waals surface area contributed by atoms with Crippen LogP contribution in [0.15, 0.2) is 36.7 Å². The van der Waals surface area contributed by atoms with Gasteiger partial charge < -0.3 is 10.2 Å². The molecule has 0 bridgehead atoms. The molecular weight excluding hydrogens is 224 g/mol. The van der Waals surface area contributed by atoms with E-state index in [4.69, 9.17) is 0 Å². The minimum Gasteiger partial charge on any atom is -0.366 e. The molecule has 1 aromatic carbocycles. The van der Waals surface area contributed by atoms with Crippen molar-refractivity contribution < 1.29 is 0 Å². The van der Waals surface area contributed by atoms with Crippen molar-refractivity contribution in [2.75, 3.05) is 24.3 Å². The summed E-state index contributed by atoms with van der Waals surface area (Å²) in [6, 6.07) is 10.4. The van der Waals surface area contributed by atoms with Crippen molar-refractivity contribution >= 4 is 11.6 Å². The lowest BCUT2D eigenvalue weighted by molar-refractivity contribution is 1.02. The van der Waals surface area contributed by atoms with Gasteiger partial charge in [-0.3, -0.25) is 0 Å². The monoisotopic (exact) mass is 242 g/mol. The highest BCUT2D eigenvalue weighted by Crippen LogP contribution is 2.12. The van der Waals surface area contributed by atoms with Crippen LogP contribution >= 0.6 is 0 Å². The third-order valence-corrected chi connectivity index (χ3v) is 2.71. The molecule has 0 saturated heterocycles. The zero-order valence-corrected chi connectivity index (χ0v) is 11.0. The molecule has 0 unspecified atom stereocenters. The van der Waals surface area contributed by atoms with E-state index in [0.29, 0.717) is 0 Å². The molecule has 0 atom stereocenters. The number of rotatable bonds is 4. The van der Waals surface area contributed by atoms with Gasteiger partial charge in [-0.25, -0.2) is 9.97 Å². The fraction of sp³-hybridized carbons (Fsp3) is 0.286. The van der Waals surface area contributed by atoms with Crippen molar-refractivity contribution in [1.82, 2.24) is 9.97 Å². The van der Waals surface area contributed by atoms with Crippen LogP contribution < -0.4 is 10.2 Å². The number of aromatic nitrogens is 2. The Morgan fingerprint density at radius 1 is 1.11 bits per heavy atom. The minimum absolute atomic E-state index is 0.768. The molecule has 2 rings (SSSR count). The molecule has 94 valence electrons. The van der Waals surface area contributed by atoms with Crippen molar-refractivity contribution in [3.8, 4) is 0 Å². The average molecular weight is 242 g/mol. The number of hydrogen-bond acceptors (Lipinski definition) is 4. The molecule has 0 saturated carbocycles. The lowest BCUT2D eigenvalue weighted by Gasteiger charge is -2.12. The number of aryl methyl sites for hydroxylation is 1. The van der Waals surface area contributed by atoms with E-state index in [0.717, 1.165) is 18.2 Å². The van der Waals surface area contributed by atoms with Crippen LogP contribution in [0.2, 0.25) is 0 Å². The smallest absolute Gasteiger partial charge is 0.133 e. The van der Waals surface area contributed by atoms with Crippen molar-refractivity contribution in [3.63, 3.8) is 0 Å². The van der Waals surface area contributed by atoms with Crippen LogP contribution in [-0.4, -0.2) is 24.1 Å². The average Bonchev–Trinajstić information content (AvgIpc) is 2.38. The van der Waals surface area contributed by atoms with Crippen molar-refractivity contribution in [2.24, 2.45) is 0 Å². The lowest BCUT2D eigenvalue weighted by Crippen LogP contribution is -2.11. The van der Waals surface area contributed by atoms with Crippen LogP contribution in [0.1, 0.15) is 11.1 Å². The molecule has 0 spiro atoms. The highest BCUT2D eigenvalue weighted by atomic mass is 15.2. The standard InChI is InChI=1S/C14H18N4/c1-11-4-6-12(7-5-11)9-15-13-8-14(18(2)3)17-10-16-13/h4-8,10H,9H2,1-3H3,(H,15,16,17). The second-order valence-electron chi connectivity index (χ2n) is 4.50. The van der Waals surface area contributed by atoms with Gasteiger partial charge in [-0.15, -0.1) is 0 Å². The zero-order chi connectivity index (χ0) is 13.0. The Labute approximate surface area is 108 Å². The van der Waals surface area contributed by atoms with E-state index >= 15 is 0 Å². The first kappa shape index (κ1) is 12.4. The van der Waals surface area contributed by atoms with E-state index < -0.39 is 0 Å². The quantitative estimate of drug-likeness (QED) is 0.894. The van der Waals surface area contributed by atoms with Gasteiger partial charge in [0.15, 0.2) is 0 Å². The first-order chi connectivity index (χ1) is 8.65. The molecule has 0 aliphatic carbocycles. The maximum Gasteiger partial charge on any atom is 0.133 e. The van der Waals surface area contributed by atoms with E-state index in [2.05, 4.69) is 46.5 Å². The van der Waals surface area contributed by atoms with Crippen molar-refractivity contribution in [2.45, 2.75) is 13.5 Å². The van der Waals surface area contributed by atoms with Gasteiger partial charge in [-0.05, 0) is 12.5 Å². The number of anilines is 2. The Bertz CT molecular complexity index is 505. The molecule has 1 aromatic heterocycles. The minimum atomic E-state index is 0.768. The number of benzene rings is 1. The Kier molecular flexibility index (Phi) is 3.77. The predicted octanol–water partition coefficient (Wildman–Crippen LogP) is 2.46. The Morgan fingerprint density at radius 3 is 2.50 bits per heavy atom. The molecule has 2 aromatic rings.